The van der Waals surface area contributed by atoms with Crippen molar-refractivity contribution < 1.29 is 0 Å². The van der Waals surface area contributed by atoms with Crippen molar-refractivity contribution in [1.29, 1.82) is 0 Å². The predicted octanol–water partition coefficient (Wildman–Crippen LogP) is 5.65. The van der Waals surface area contributed by atoms with E-state index < -0.39 is 0 Å². The molecule has 0 saturated heterocycles. The summed E-state index contributed by atoms with van der Waals surface area (Å²) >= 11 is 0. The summed E-state index contributed by atoms with van der Waals surface area (Å²) in [6, 6.07) is 12.8. The van der Waals surface area contributed by atoms with Gasteiger partial charge >= 0.3 is 0 Å². The van der Waals surface area contributed by atoms with Crippen LogP contribution >= 0.6 is 0 Å². The maximum atomic E-state index is 4.60. The minimum absolute atomic E-state index is 0.0308. The maximum Gasteiger partial charge on any atom is 0.0705 e. The Bertz CT molecular complexity index is 749. The molecule has 0 saturated carbocycles. The number of pyridine rings is 1. The monoisotopic (exact) mass is 291 g/mol. The summed E-state index contributed by atoms with van der Waals surface area (Å²) in [6.07, 6.45) is 1.88. The van der Waals surface area contributed by atoms with Gasteiger partial charge in [-0.05, 0) is 37.1 Å². The van der Waals surface area contributed by atoms with Crippen molar-refractivity contribution in [2.24, 2.45) is 0 Å². The van der Waals surface area contributed by atoms with Crippen molar-refractivity contribution in [3.63, 3.8) is 0 Å². The molecule has 1 heterocycles. The van der Waals surface area contributed by atoms with Crippen molar-refractivity contribution in [2.45, 2.75) is 52.4 Å². The van der Waals surface area contributed by atoms with Crippen LogP contribution in [0.3, 0.4) is 0 Å². The zero-order chi connectivity index (χ0) is 16.1. The lowest BCUT2D eigenvalue weighted by Crippen LogP contribution is -2.36. The van der Waals surface area contributed by atoms with Crippen LogP contribution < -0.4 is 0 Å². The number of benzene rings is 1. The first-order chi connectivity index (χ1) is 10.3. The Morgan fingerprint density at radius 1 is 0.773 bits per heavy atom. The van der Waals surface area contributed by atoms with Gasteiger partial charge in [0, 0.05) is 22.6 Å². The fourth-order valence-corrected chi connectivity index (χ4v) is 3.81. The summed E-state index contributed by atoms with van der Waals surface area (Å²) in [5, 5.41) is 0. The van der Waals surface area contributed by atoms with Gasteiger partial charge in [0.15, 0.2) is 0 Å². The standard InChI is InChI=1S/C21H25N/c1-14-15(2)21(5,6)19-16(18-12-7-8-13-22-18)10-9-11-17(19)20(14,3)4/h7-13H,1-6H3. The third-order valence-corrected chi connectivity index (χ3v) is 5.74. The molecule has 0 bridgehead atoms. The second-order valence-electron chi connectivity index (χ2n) is 7.44. The minimum Gasteiger partial charge on any atom is -0.256 e. The molecule has 1 aromatic heterocycles. The van der Waals surface area contributed by atoms with E-state index in [1.54, 1.807) is 0 Å². The summed E-state index contributed by atoms with van der Waals surface area (Å²) < 4.78 is 0. The quantitative estimate of drug-likeness (QED) is 0.618. The van der Waals surface area contributed by atoms with E-state index in [2.05, 4.69) is 76.9 Å². The zero-order valence-electron chi connectivity index (χ0n) is 14.5. The van der Waals surface area contributed by atoms with Crippen LogP contribution in [-0.2, 0) is 10.8 Å². The number of nitrogens with zero attached hydrogens (tertiary/aromatic N) is 1. The molecule has 0 fully saturated rings. The SMILES string of the molecule is CC1=C(C)C(C)(C)c2c(-c3ccccn3)cccc2C1(C)C. The van der Waals surface area contributed by atoms with Gasteiger partial charge in [-0.15, -0.1) is 0 Å². The fraction of sp³-hybridized carbons (Fsp3) is 0.381. The molecule has 1 aliphatic rings. The van der Waals surface area contributed by atoms with Gasteiger partial charge in [-0.1, -0.05) is 63.1 Å². The first kappa shape index (κ1) is 15.0. The molecule has 0 radical (unpaired) electrons. The Balaban J connectivity index is 2.38. The van der Waals surface area contributed by atoms with Crippen LogP contribution in [0.15, 0.2) is 53.7 Å². The lowest BCUT2D eigenvalue weighted by Gasteiger charge is -2.45. The topological polar surface area (TPSA) is 12.9 Å². The zero-order valence-corrected chi connectivity index (χ0v) is 14.5. The van der Waals surface area contributed by atoms with E-state index in [4.69, 9.17) is 0 Å². The number of fused-ring (bicyclic) bond motifs is 1. The van der Waals surface area contributed by atoms with E-state index in [0.29, 0.717) is 0 Å². The Morgan fingerprint density at radius 3 is 2.09 bits per heavy atom. The molecule has 0 aliphatic heterocycles. The molecule has 0 N–H and O–H groups in total. The lowest BCUT2D eigenvalue weighted by atomic mass is 9.59. The largest absolute Gasteiger partial charge is 0.256 e. The second-order valence-corrected chi connectivity index (χ2v) is 7.44. The van der Waals surface area contributed by atoms with Crippen molar-refractivity contribution >= 4 is 0 Å². The molecule has 0 unspecified atom stereocenters. The first-order valence-electron chi connectivity index (χ1n) is 8.01. The summed E-state index contributed by atoms with van der Waals surface area (Å²) in [5.41, 5.74) is 8.27. The number of allylic oxidation sites excluding steroid dienone is 2. The van der Waals surface area contributed by atoms with E-state index in [1.165, 1.54) is 27.8 Å². The van der Waals surface area contributed by atoms with Crippen LogP contribution in [0.25, 0.3) is 11.3 Å². The third-order valence-electron chi connectivity index (χ3n) is 5.74. The molecule has 1 nitrogen and oxygen atoms in total. The molecule has 1 aromatic carbocycles. The summed E-state index contributed by atoms with van der Waals surface area (Å²) in [6.45, 7) is 13.9. The van der Waals surface area contributed by atoms with E-state index in [0.717, 1.165) is 5.69 Å². The molecule has 22 heavy (non-hydrogen) atoms. The highest BCUT2D eigenvalue weighted by atomic mass is 14.7. The summed E-state index contributed by atoms with van der Waals surface area (Å²) in [5.74, 6) is 0. The second kappa shape index (κ2) is 4.81. The number of hydrogen-bond donors (Lipinski definition) is 0. The lowest BCUT2D eigenvalue weighted by molar-refractivity contribution is 0.505. The average molecular weight is 291 g/mol. The predicted molar refractivity (Wildman–Crippen MR) is 94.1 cm³/mol. The fourth-order valence-electron chi connectivity index (χ4n) is 3.81. The van der Waals surface area contributed by atoms with E-state index in [9.17, 15) is 0 Å². The smallest absolute Gasteiger partial charge is 0.0705 e. The van der Waals surface area contributed by atoms with Gasteiger partial charge in [0.1, 0.15) is 0 Å². The normalized spacial score (nSPS) is 19.0. The van der Waals surface area contributed by atoms with Gasteiger partial charge < -0.3 is 0 Å². The highest BCUT2D eigenvalue weighted by molar-refractivity contribution is 5.71. The van der Waals surface area contributed by atoms with Crippen LogP contribution in [-0.4, -0.2) is 4.98 Å². The van der Waals surface area contributed by atoms with Gasteiger partial charge in [-0.2, -0.15) is 0 Å². The third kappa shape index (κ3) is 1.95. The van der Waals surface area contributed by atoms with Crippen LogP contribution in [0.4, 0.5) is 0 Å². The van der Waals surface area contributed by atoms with Crippen LogP contribution in [0.2, 0.25) is 0 Å². The number of hydrogen-bond acceptors (Lipinski definition) is 1. The molecule has 0 amide bonds. The Hall–Kier alpha value is -1.89. The van der Waals surface area contributed by atoms with Gasteiger partial charge in [0.05, 0.1) is 5.69 Å². The van der Waals surface area contributed by atoms with Crippen molar-refractivity contribution in [2.75, 3.05) is 0 Å². The number of rotatable bonds is 1. The first-order valence-corrected chi connectivity index (χ1v) is 8.01. The Labute approximate surface area is 134 Å². The van der Waals surface area contributed by atoms with E-state index >= 15 is 0 Å². The maximum absolute atomic E-state index is 4.60. The average Bonchev–Trinajstić information content (AvgIpc) is 2.52. The highest BCUT2D eigenvalue weighted by Crippen LogP contribution is 2.51. The van der Waals surface area contributed by atoms with Gasteiger partial charge in [0.25, 0.3) is 0 Å². The molecule has 2 aromatic rings. The Morgan fingerprint density at radius 2 is 1.45 bits per heavy atom. The molecule has 114 valence electrons. The summed E-state index contributed by atoms with van der Waals surface area (Å²) in [4.78, 5) is 4.60. The van der Waals surface area contributed by atoms with Crippen LogP contribution in [0.1, 0.15) is 52.7 Å². The van der Waals surface area contributed by atoms with Crippen LogP contribution in [0.5, 0.6) is 0 Å². The van der Waals surface area contributed by atoms with Crippen molar-refractivity contribution in [3.8, 4) is 11.3 Å². The molecule has 0 atom stereocenters. The van der Waals surface area contributed by atoms with Crippen molar-refractivity contribution in [3.05, 3.63) is 64.9 Å². The van der Waals surface area contributed by atoms with E-state index in [-0.39, 0.29) is 10.8 Å². The van der Waals surface area contributed by atoms with Crippen molar-refractivity contribution in [1.82, 2.24) is 4.98 Å². The van der Waals surface area contributed by atoms with Gasteiger partial charge in [0.2, 0.25) is 0 Å². The molecule has 0 spiro atoms. The summed E-state index contributed by atoms with van der Waals surface area (Å²) in [7, 11) is 0. The van der Waals surface area contributed by atoms with E-state index in [1.807, 2.05) is 12.3 Å². The Kier molecular flexibility index (Phi) is 3.28. The molecular weight excluding hydrogens is 266 g/mol. The van der Waals surface area contributed by atoms with Gasteiger partial charge in [-0.3, -0.25) is 4.98 Å². The van der Waals surface area contributed by atoms with Crippen LogP contribution in [0, 0.1) is 0 Å². The highest BCUT2D eigenvalue weighted by Gasteiger charge is 2.41. The molecule has 1 aliphatic carbocycles. The minimum atomic E-state index is 0.0308. The number of aromatic nitrogens is 1. The molecule has 3 rings (SSSR count). The van der Waals surface area contributed by atoms with Gasteiger partial charge in [-0.25, -0.2) is 0 Å². The molecule has 1 heteroatoms. The molecular formula is C21H25N.